The summed E-state index contributed by atoms with van der Waals surface area (Å²) in [6, 6.07) is 0.604. The predicted octanol–water partition coefficient (Wildman–Crippen LogP) is 0.805. The number of aliphatic imine (C=N–C) groups is 1. The minimum absolute atomic E-state index is 0.604. The van der Waals surface area contributed by atoms with Crippen LogP contribution in [0.2, 0.25) is 0 Å². The molecule has 0 radical (unpaired) electrons. The minimum Gasteiger partial charge on any atom is -0.370 e. The first-order chi connectivity index (χ1) is 5.79. The predicted molar refractivity (Wildman–Crippen MR) is 50.0 cm³/mol. The number of hydrogen-bond donors (Lipinski definition) is 1. The van der Waals surface area contributed by atoms with Crippen LogP contribution in [0.25, 0.3) is 0 Å². The molecule has 1 fully saturated rings. The fourth-order valence-corrected chi connectivity index (χ4v) is 2.40. The van der Waals surface area contributed by atoms with Crippen LogP contribution in [0.3, 0.4) is 0 Å². The second-order valence-electron chi connectivity index (χ2n) is 3.92. The van der Waals surface area contributed by atoms with Gasteiger partial charge in [0.15, 0.2) is 5.96 Å². The van der Waals surface area contributed by atoms with Gasteiger partial charge < -0.3 is 10.6 Å². The lowest BCUT2D eigenvalue weighted by atomic mass is 9.98. The molecule has 0 aromatic rings. The van der Waals surface area contributed by atoms with Gasteiger partial charge in [-0.05, 0) is 18.8 Å². The summed E-state index contributed by atoms with van der Waals surface area (Å²) in [5.74, 6) is 1.58. The van der Waals surface area contributed by atoms with Crippen molar-refractivity contribution >= 4 is 5.96 Å². The van der Waals surface area contributed by atoms with Gasteiger partial charge in [-0.25, -0.2) is 0 Å². The van der Waals surface area contributed by atoms with Crippen molar-refractivity contribution in [3.05, 3.63) is 0 Å². The maximum atomic E-state index is 5.71. The normalized spacial score (nSPS) is 31.2. The Hall–Kier alpha value is -0.730. The molecule has 1 aliphatic carbocycles. The quantitative estimate of drug-likeness (QED) is 0.627. The number of hydrogen-bond acceptors (Lipinski definition) is 3. The highest BCUT2D eigenvalue weighted by atomic mass is 15.3. The molecule has 1 heterocycles. The molecule has 2 rings (SSSR count). The Morgan fingerprint density at radius 1 is 1.42 bits per heavy atom. The highest BCUT2D eigenvalue weighted by Crippen LogP contribution is 2.31. The van der Waals surface area contributed by atoms with Gasteiger partial charge in [0, 0.05) is 7.05 Å². The second kappa shape index (κ2) is 2.96. The lowest BCUT2D eigenvalue weighted by molar-refractivity contribution is 0.287. The lowest BCUT2D eigenvalue weighted by Crippen LogP contribution is -2.40. The molecule has 68 valence electrons. The number of rotatable bonds is 1. The average Bonchev–Trinajstić information content (AvgIpc) is 2.64. The van der Waals surface area contributed by atoms with Gasteiger partial charge in [0.2, 0.25) is 0 Å². The Labute approximate surface area is 73.6 Å². The van der Waals surface area contributed by atoms with Crippen LogP contribution in [0.15, 0.2) is 4.99 Å². The van der Waals surface area contributed by atoms with Gasteiger partial charge in [-0.1, -0.05) is 12.8 Å². The molecule has 0 aromatic carbocycles. The molecule has 1 aliphatic heterocycles. The molecule has 2 N–H and O–H groups in total. The topological polar surface area (TPSA) is 41.6 Å². The molecule has 1 saturated carbocycles. The van der Waals surface area contributed by atoms with E-state index in [1.54, 1.807) is 0 Å². The zero-order valence-electron chi connectivity index (χ0n) is 7.66. The monoisotopic (exact) mass is 167 g/mol. The van der Waals surface area contributed by atoms with Gasteiger partial charge in [0.05, 0.1) is 12.6 Å². The van der Waals surface area contributed by atoms with Gasteiger partial charge >= 0.3 is 0 Å². The first-order valence-corrected chi connectivity index (χ1v) is 4.82. The van der Waals surface area contributed by atoms with E-state index in [1.165, 1.54) is 25.7 Å². The highest BCUT2D eigenvalue weighted by molar-refractivity contribution is 5.79. The third-order valence-electron chi connectivity index (χ3n) is 3.24. The summed E-state index contributed by atoms with van der Waals surface area (Å²) in [5.41, 5.74) is 5.71. The van der Waals surface area contributed by atoms with E-state index in [0.717, 1.165) is 18.4 Å². The summed E-state index contributed by atoms with van der Waals surface area (Å²) in [5, 5.41) is 0. The van der Waals surface area contributed by atoms with Crippen LogP contribution in [0, 0.1) is 5.92 Å². The van der Waals surface area contributed by atoms with Crippen LogP contribution in [0.5, 0.6) is 0 Å². The fourth-order valence-electron chi connectivity index (χ4n) is 2.40. The van der Waals surface area contributed by atoms with Gasteiger partial charge in [-0.2, -0.15) is 0 Å². The van der Waals surface area contributed by atoms with Gasteiger partial charge in [-0.3, -0.25) is 4.99 Å². The molecule has 2 aliphatic rings. The van der Waals surface area contributed by atoms with Gasteiger partial charge in [0.1, 0.15) is 0 Å². The van der Waals surface area contributed by atoms with Gasteiger partial charge in [-0.15, -0.1) is 0 Å². The van der Waals surface area contributed by atoms with E-state index < -0.39 is 0 Å². The summed E-state index contributed by atoms with van der Waals surface area (Å²) >= 11 is 0. The third-order valence-corrected chi connectivity index (χ3v) is 3.24. The average molecular weight is 167 g/mol. The summed E-state index contributed by atoms with van der Waals surface area (Å²) in [6.07, 6.45) is 5.54. The van der Waals surface area contributed by atoms with Crippen molar-refractivity contribution < 1.29 is 0 Å². The SMILES string of the molecule is CN1C(N)=NCC1C1CCCC1. The largest absolute Gasteiger partial charge is 0.370 e. The molecular weight excluding hydrogens is 150 g/mol. The zero-order chi connectivity index (χ0) is 8.55. The van der Waals surface area contributed by atoms with Crippen molar-refractivity contribution in [1.29, 1.82) is 0 Å². The van der Waals surface area contributed by atoms with E-state index in [1.807, 2.05) is 0 Å². The van der Waals surface area contributed by atoms with Crippen molar-refractivity contribution in [2.24, 2.45) is 16.6 Å². The van der Waals surface area contributed by atoms with Crippen LogP contribution < -0.4 is 5.73 Å². The first-order valence-electron chi connectivity index (χ1n) is 4.82. The molecule has 0 spiro atoms. The molecule has 1 atom stereocenters. The van der Waals surface area contributed by atoms with Crippen molar-refractivity contribution in [1.82, 2.24) is 4.90 Å². The summed E-state index contributed by atoms with van der Waals surface area (Å²) < 4.78 is 0. The maximum absolute atomic E-state index is 5.71. The molecule has 0 aromatic heterocycles. The minimum atomic E-state index is 0.604. The zero-order valence-corrected chi connectivity index (χ0v) is 7.66. The molecular formula is C9H17N3. The van der Waals surface area contributed by atoms with E-state index in [0.29, 0.717) is 6.04 Å². The summed E-state index contributed by atoms with van der Waals surface area (Å²) in [6.45, 7) is 0.924. The molecule has 3 nitrogen and oxygen atoms in total. The van der Waals surface area contributed by atoms with Crippen LogP contribution in [-0.4, -0.2) is 30.5 Å². The van der Waals surface area contributed by atoms with Crippen LogP contribution in [0.4, 0.5) is 0 Å². The number of nitrogens with two attached hydrogens (primary N) is 1. The molecule has 0 saturated heterocycles. The Morgan fingerprint density at radius 3 is 2.58 bits per heavy atom. The van der Waals surface area contributed by atoms with Crippen LogP contribution in [0.1, 0.15) is 25.7 Å². The van der Waals surface area contributed by atoms with Crippen molar-refractivity contribution in [3.63, 3.8) is 0 Å². The number of guanidine groups is 1. The molecule has 3 heteroatoms. The van der Waals surface area contributed by atoms with Crippen molar-refractivity contribution in [2.45, 2.75) is 31.7 Å². The highest BCUT2D eigenvalue weighted by Gasteiger charge is 2.31. The number of likely N-dealkylation sites (N-methyl/N-ethyl adjacent to an activating group) is 1. The second-order valence-corrected chi connectivity index (χ2v) is 3.92. The Kier molecular flexibility index (Phi) is 1.95. The smallest absolute Gasteiger partial charge is 0.191 e. The fraction of sp³-hybridized carbons (Fsp3) is 0.889. The Bertz CT molecular complexity index is 194. The third kappa shape index (κ3) is 1.17. The molecule has 1 unspecified atom stereocenters. The summed E-state index contributed by atoms with van der Waals surface area (Å²) in [4.78, 5) is 6.41. The Balaban J connectivity index is 1.98. The Morgan fingerprint density at radius 2 is 2.08 bits per heavy atom. The van der Waals surface area contributed by atoms with Crippen LogP contribution >= 0.6 is 0 Å². The van der Waals surface area contributed by atoms with E-state index >= 15 is 0 Å². The van der Waals surface area contributed by atoms with Crippen molar-refractivity contribution in [3.8, 4) is 0 Å². The lowest BCUT2D eigenvalue weighted by Gasteiger charge is -2.26. The first kappa shape index (κ1) is 7.90. The van der Waals surface area contributed by atoms with Crippen LogP contribution in [-0.2, 0) is 0 Å². The van der Waals surface area contributed by atoms with E-state index in [2.05, 4.69) is 16.9 Å². The number of nitrogens with zero attached hydrogens (tertiary/aromatic N) is 2. The van der Waals surface area contributed by atoms with E-state index in [9.17, 15) is 0 Å². The maximum Gasteiger partial charge on any atom is 0.191 e. The van der Waals surface area contributed by atoms with E-state index in [4.69, 9.17) is 5.73 Å². The van der Waals surface area contributed by atoms with Gasteiger partial charge in [0.25, 0.3) is 0 Å². The molecule has 0 amide bonds. The molecule has 12 heavy (non-hydrogen) atoms. The summed E-state index contributed by atoms with van der Waals surface area (Å²) in [7, 11) is 2.06. The van der Waals surface area contributed by atoms with E-state index in [-0.39, 0.29) is 0 Å². The van der Waals surface area contributed by atoms with Crippen molar-refractivity contribution in [2.75, 3.05) is 13.6 Å². The molecule has 0 bridgehead atoms. The standard InChI is InChI=1S/C9H17N3/c1-12-8(6-11-9(12)10)7-4-2-3-5-7/h7-8H,2-6H2,1H3,(H2,10,11).